The van der Waals surface area contributed by atoms with Gasteiger partial charge in [-0.05, 0) is 32.4 Å². The zero-order valence-corrected chi connectivity index (χ0v) is 10.4. The van der Waals surface area contributed by atoms with Crippen molar-refractivity contribution in [3.8, 4) is 11.6 Å². The quantitative estimate of drug-likeness (QED) is 0.792. The highest BCUT2D eigenvalue weighted by Gasteiger charge is 2.13. The van der Waals surface area contributed by atoms with Gasteiger partial charge in [0.05, 0.1) is 11.3 Å². The lowest BCUT2D eigenvalue weighted by Crippen LogP contribution is -2.30. The fraction of sp³-hybridized carbons (Fsp3) is 0.231. The van der Waals surface area contributed by atoms with Crippen LogP contribution in [0.2, 0.25) is 0 Å². The van der Waals surface area contributed by atoms with Crippen LogP contribution in [0.25, 0.3) is 5.69 Å². The molecular weight excluding hydrogens is 232 g/mol. The Labute approximate surface area is 103 Å². The number of aromatic nitrogens is 2. The summed E-state index contributed by atoms with van der Waals surface area (Å²) in [5, 5.41) is 9.95. The van der Waals surface area contributed by atoms with Gasteiger partial charge in [0.25, 0.3) is 5.56 Å². The first kappa shape index (κ1) is 12.2. The molecule has 0 aliphatic heterocycles. The fourth-order valence-electron chi connectivity index (χ4n) is 1.89. The van der Waals surface area contributed by atoms with E-state index in [-0.39, 0.29) is 11.4 Å². The molecule has 2 rings (SSSR count). The van der Waals surface area contributed by atoms with Crippen LogP contribution in [-0.4, -0.2) is 14.7 Å². The van der Waals surface area contributed by atoms with Gasteiger partial charge in [0.1, 0.15) is 0 Å². The maximum absolute atomic E-state index is 11.8. The Morgan fingerprint density at radius 2 is 1.83 bits per heavy atom. The average Bonchev–Trinajstić information content (AvgIpc) is 2.29. The Kier molecular flexibility index (Phi) is 2.82. The van der Waals surface area contributed by atoms with Crippen LogP contribution >= 0.6 is 0 Å². The van der Waals surface area contributed by atoms with Crippen molar-refractivity contribution in [2.45, 2.75) is 20.8 Å². The molecule has 1 aromatic heterocycles. The van der Waals surface area contributed by atoms with Gasteiger partial charge in [0.2, 0.25) is 5.88 Å². The fourth-order valence-corrected chi connectivity index (χ4v) is 1.89. The standard InChI is InChI=1S/C13H14N2O3/c1-7-4-5-10(8(2)6-7)15-12(17)9(3)11(16)14-13(15)18/h4-6,17H,1-3H3,(H,14,16,18). The number of hydrogen-bond acceptors (Lipinski definition) is 3. The maximum Gasteiger partial charge on any atom is 0.335 e. The number of hydrogen-bond donors (Lipinski definition) is 2. The van der Waals surface area contributed by atoms with Gasteiger partial charge in [-0.25, -0.2) is 9.36 Å². The molecule has 0 radical (unpaired) electrons. The van der Waals surface area contributed by atoms with Crippen molar-refractivity contribution in [3.63, 3.8) is 0 Å². The van der Waals surface area contributed by atoms with Crippen molar-refractivity contribution in [2.75, 3.05) is 0 Å². The number of nitrogens with zero attached hydrogens (tertiary/aromatic N) is 1. The van der Waals surface area contributed by atoms with E-state index in [1.807, 2.05) is 26.0 Å². The lowest BCUT2D eigenvalue weighted by atomic mass is 10.1. The van der Waals surface area contributed by atoms with Gasteiger partial charge in [0, 0.05) is 0 Å². The Balaban J connectivity index is 2.84. The monoisotopic (exact) mass is 246 g/mol. The molecule has 1 heterocycles. The van der Waals surface area contributed by atoms with Gasteiger partial charge in [0.15, 0.2) is 0 Å². The highest BCUT2D eigenvalue weighted by atomic mass is 16.3. The van der Waals surface area contributed by atoms with Crippen molar-refractivity contribution in [1.29, 1.82) is 0 Å². The van der Waals surface area contributed by atoms with E-state index in [1.54, 1.807) is 6.07 Å². The predicted molar refractivity (Wildman–Crippen MR) is 68.5 cm³/mol. The van der Waals surface area contributed by atoms with Crippen LogP contribution < -0.4 is 11.2 Å². The van der Waals surface area contributed by atoms with E-state index < -0.39 is 11.2 Å². The summed E-state index contributed by atoms with van der Waals surface area (Å²) < 4.78 is 1.10. The summed E-state index contributed by atoms with van der Waals surface area (Å²) in [4.78, 5) is 25.3. The summed E-state index contributed by atoms with van der Waals surface area (Å²) in [6.07, 6.45) is 0. The van der Waals surface area contributed by atoms with Crippen LogP contribution in [0.3, 0.4) is 0 Å². The molecule has 1 aromatic carbocycles. The summed E-state index contributed by atoms with van der Waals surface area (Å²) in [5.74, 6) is -0.323. The second kappa shape index (κ2) is 4.18. The number of aromatic amines is 1. The SMILES string of the molecule is Cc1ccc(-n2c(O)c(C)c(=O)[nH]c2=O)c(C)c1. The molecular formula is C13H14N2O3. The largest absolute Gasteiger partial charge is 0.494 e. The van der Waals surface area contributed by atoms with Crippen molar-refractivity contribution in [2.24, 2.45) is 0 Å². The molecule has 18 heavy (non-hydrogen) atoms. The Bertz CT molecular complexity index is 726. The molecule has 0 spiro atoms. The van der Waals surface area contributed by atoms with Gasteiger partial charge in [-0.1, -0.05) is 17.7 Å². The third kappa shape index (κ3) is 1.84. The number of H-pyrrole nitrogens is 1. The van der Waals surface area contributed by atoms with Crippen molar-refractivity contribution >= 4 is 0 Å². The molecule has 0 aliphatic rings. The zero-order chi connectivity index (χ0) is 13.4. The first-order chi connectivity index (χ1) is 8.41. The molecule has 0 unspecified atom stereocenters. The second-order valence-corrected chi connectivity index (χ2v) is 4.33. The van der Waals surface area contributed by atoms with Crippen LogP contribution in [-0.2, 0) is 0 Å². The zero-order valence-electron chi connectivity index (χ0n) is 10.4. The summed E-state index contributed by atoms with van der Waals surface area (Å²) in [7, 11) is 0. The smallest absolute Gasteiger partial charge is 0.335 e. The minimum absolute atomic E-state index is 0.120. The molecule has 0 fully saturated rings. The molecule has 5 heteroatoms. The van der Waals surface area contributed by atoms with Gasteiger partial charge in [-0.2, -0.15) is 0 Å². The lowest BCUT2D eigenvalue weighted by Gasteiger charge is -2.12. The van der Waals surface area contributed by atoms with Crippen LogP contribution in [0.15, 0.2) is 27.8 Å². The lowest BCUT2D eigenvalue weighted by molar-refractivity contribution is 0.426. The van der Waals surface area contributed by atoms with Crippen molar-refractivity contribution in [3.05, 3.63) is 55.7 Å². The highest BCUT2D eigenvalue weighted by molar-refractivity contribution is 5.45. The Morgan fingerprint density at radius 1 is 1.17 bits per heavy atom. The topological polar surface area (TPSA) is 75.1 Å². The molecule has 5 nitrogen and oxygen atoms in total. The minimum Gasteiger partial charge on any atom is -0.494 e. The molecule has 94 valence electrons. The molecule has 0 bridgehead atoms. The normalized spacial score (nSPS) is 10.6. The molecule has 2 N–H and O–H groups in total. The number of aromatic hydroxyl groups is 1. The summed E-state index contributed by atoms with van der Waals surface area (Å²) in [6, 6.07) is 5.49. The van der Waals surface area contributed by atoms with E-state index in [2.05, 4.69) is 4.98 Å². The molecule has 0 saturated carbocycles. The van der Waals surface area contributed by atoms with E-state index in [0.717, 1.165) is 15.7 Å². The van der Waals surface area contributed by atoms with Crippen LogP contribution in [0.5, 0.6) is 5.88 Å². The highest BCUT2D eigenvalue weighted by Crippen LogP contribution is 2.19. The summed E-state index contributed by atoms with van der Waals surface area (Å²) >= 11 is 0. The van der Waals surface area contributed by atoms with Gasteiger partial charge in [-0.15, -0.1) is 0 Å². The Morgan fingerprint density at radius 3 is 2.44 bits per heavy atom. The predicted octanol–water partition coefficient (Wildman–Crippen LogP) is 1.16. The van der Waals surface area contributed by atoms with E-state index in [9.17, 15) is 14.7 Å². The number of rotatable bonds is 1. The molecule has 0 saturated heterocycles. The maximum atomic E-state index is 11.8. The Hall–Kier alpha value is -2.30. The van der Waals surface area contributed by atoms with Gasteiger partial charge in [-0.3, -0.25) is 9.78 Å². The summed E-state index contributed by atoms with van der Waals surface area (Å²) in [6.45, 7) is 5.25. The second-order valence-electron chi connectivity index (χ2n) is 4.33. The minimum atomic E-state index is -0.643. The third-order valence-corrected chi connectivity index (χ3v) is 2.90. The van der Waals surface area contributed by atoms with Crippen molar-refractivity contribution < 1.29 is 5.11 Å². The first-order valence-electron chi connectivity index (χ1n) is 5.54. The van der Waals surface area contributed by atoms with Crippen molar-refractivity contribution in [1.82, 2.24) is 9.55 Å². The first-order valence-corrected chi connectivity index (χ1v) is 5.54. The molecule has 0 atom stereocenters. The van der Waals surface area contributed by atoms with E-state index in [0.29, 0.717) is 5.69 Å². The third-order valence-electron chi connectivity index (χ3n) is 2.90. The molecule has 0 amide bonds. The molecule has 2 aromatic rings. The number of aryl methyl sites for hydroxylation is 2. The average molecular weight is 246 g/mol. The van der Waals surface area contributed by atoms with Crippen LogP contribution in [0.1, 0.15) is 16.7 Å². The summed E-state index contributed by atoms with van der Waals surface area (Å²) in [5.41, 5.74) is 1.37. The number of benzene rings is 1. The van der Waals surface area contributed by atoms with E-state index in [1.165, 1.54) is 6.92 Å². The van der Waals surface area contributed by atoms with Gasteiger partial charge < -0.3 is 5.11 Å². The number of nitrogens with one attached hydrogen (secondary N) is 1. The molecule has 0 aliphatic carbocycles. The van der Waals surface area contributed by atoms with E-state index >= 15 is 0 Å². The van der Waals surface area contributed by atoms with Crippen LogP contribution in [0, 0.1) is 20.8 Å². The van der Waals surface area contributed by atoms with Crippen LogP contribution in [0.4, 0.5) is 0 Å². The van der Waals surface area contributed by atoms with E-state index in [4.69, 9.17) is 0 Å². The van der Waals surface area contributed by atoms with Gasteiger partial charge >= 0.3 is 5.69 Å².